The van der Waals surface area contributed by atoms with Crippen molar-refractivity contribution in [1.82, 2.24) is 19.5 Å². The summed E-state index contributed by atoms with van der Waals surface area (Å²) >= 11 is 1.88. The van der Waals surface area contributed by atoms with Gasteiger partial charge >= 0.3 is 0 Å². The summed E-state index contributed by atoms with van der Waals surface area (Å²) in [7, 11) is 0. The Morgan fingerprint density at radius 3 is 1.61 bits per heavy atom. The highest BCUT2D eigenvalue weighted by Crippen LogP contribution is 2.45. The van der Waals surface area contributed by atoms with E-state index in [4.69, 9.17) is 15.0 Å². The molecule has 11 rings (SSSR count). The van der Waals surface area contributed by atoms with Gasteiger partial charge in [0.2, 0.25) is 0 Å². The molecule has 0 aliphatic rings. The fraction of sp³-hybridized carbons (Fsp3) is 0. The summed E-state index contributed by atoms with van der Waals surface area (Å²) in [5, 5.41) is 5.04. The van der Waals surface area contributed by atoms with Crippen LogP contribution >= 0.6 is 11.3 Å². The van der Waals surface area contributed by atoms with Gasteiger partial charge in [-0.15, -0.1) is 11.3 Å². The molecule has 3 heterocycles. The summed E-state index contributed by atoms with van der Waals surface area (Å²) < 4.78 is 4.97. The summed E-state index contributed by atoms with van der Waals surface area (Å²) in [6, 6.07) is 68.4. The lowest BCUT2D eigenvalue weighted by molar-refractivity contribution is 1.06. The van der Waals surface area contributed by atoms with E-state index in [-0.39, 0.29) is 0 Å². The molecule has 0 unspecified atom stereocenters. The topological polar surface area (TPSA) is 43.6 Å². The van der Waals surface area contributed by atoms with Crippen LogP contribution in [0, 0.1) is 0 Å². The Morgan fingerprint density at radius 2 is 0.875 bits per heavy atom. The SMILES string of the molecule is c1ccc(-c2ccc(-c3nc(-c4ccccc4)nc(-c4ccccc4-n4c5ccccc5c5c6sc7cc(-c8ccccc8)ccc7c6ccc54)n3)cc2)cc1. The molecule has 3 aromatic heterocycles. The molecule has 0 aliphatic carbocycles. The van der Waals surface area contributed by atoms with E-state index in [9.17, 15) is 0 Å². The van der Waals surface area contributed by atoms with Crippen molar-refractivity contribution >= 4 is 53.3 Å². The second kappa shape index (κ2) is 13.3. The first-order valence-electron chi connectivity index (χ1n) is 18.8. The van der Waals surface area contributed by atoms with Gasteiger partial charge in [0.15, 0.2) is 17.5 Å². The molecule has 0 aliphatic heterocycles. The molecule has 0 amide bonds. The van der Waals surface area contributed by atoms with Gasteiger partial charge < -0.3 is 4.57 Å². The van der Waals surface area contributed by atoms with E-state index in [0.717, 1.165) is 39.0 Å². The number of benzene rings is 8. The van der Waals surface area contributed by atoms with Crippen LogP contribution in [0.4, 0.5) is 0 Å². The minimum atomic E-state index is 0.624. The van der Waals surface area contributed by atoms with Crippen molar-refractivity contribution in [3.63, 3.8) is 0 Å². The normalized spacial score (nSPS) is 11.6. The summed E-state index contributed by atoms with van der Waals surface area (Å²) in [4.78, 5) is 15.4. The van der Waals surface area contributed by atoms with Crippen LogP contribution in [0.3, 0.4) is 0 Å². The molecule has 0 atom stereocenters. The van der Waals surface area contributed by atoms with Crippen molar-refractivity contribution in [2.45, 2.75) is 0 Å². The summed E-state index contributed by atoms with van der Waals surface area (Å²) in [6.45, 7) is 0. The van der Waals surface area contributed by atoms with E-state index in [1.165, 1.54) is 47.6 Å². The van der Waals surface area contributed by atoms with Crippen LogP contribution in [0.15, 0.2) is 194 Å². The molecule has 5 heteroatoms. The number of hydrogen-bond donors (Lipinski definition) is 0. The Bertz CT molecular complexity index is 3220. The van der Waals surface area contributed by atoms with E-state index < -0.39 is 0 Å². The second-order valence-electron chi connectivity index (χ2n) is 14.0. The fourth-order valence-electron chi connectivity index (χ4n) is 8.00. The molecule has 8 aromatic carbocycles. The number of fused-ring (bicyclic) bond motifs is 7. The number of aromatic nitrogens is 4. The summed E-state index contributed by atoms with van der Waals surface area (Å²) in [5.41, 5.74) is 10.9. The highest BCUT2D eigenvalue weighted by molar-refractivity contribution is 7.26. The molecule has 4 nitrogen and oxygen atoms in total. The second-order valence-corrected chi connectivity index (χ2v) is 15.1. The fourth-order valence-corrected chi connectivity index (χ4v) is 9.30. The molecule has 0 saturated carbocycles. The van der Waals surface area contributed by atoms with Crippen molar-refractivity contribution in [3.8, 4) is 62.1 Å². The molecule has 56 heavy (non-hydrogen) atoms. The zero-order valence-electron chi connectivity index (χ0n) is 30.2. The Hall–Kier alpha value is -7.21. The lowest BCUT2D eigenvalue weighted by atomic mass is 10.0. The van der Waals surface area contributed by atoms with Crippen LogP contribution in [0.1, 0.15) is 0 Å². The van der Waals surface area contributed by atoms with Crippen molar-refractivity contribution < 1.29 is 0 Å². The van der Waals surface area contributed by atoms with Gasteiger partial charge in [0, 0.05) is 47.6 Å². The molecule has 0 bridgehead atoms. The Kier molecular flexibility index (Phi) is 7.64. The minimum absolute atomic E-state index is 0.624. The van der Waals surface area contributed by atoms with Gasteiger partial charge in [0.1, 0.15) is 0 Å². The quantitative estimate of drug-likeness (QED) is 0.171. The van der Waals surface area contributed by atoms with E-state index in [1.807, 2.05) is 35.6 Å². The van der Waals surface area contributed by atoms with Crippen molar-refractivity contribution in [2.75, 3.05) is 0 Å². The lowest BCUT2D eigenvalue weighted by Crippen LogP contribution is -2.03. The summed E-state index contributed by atoms with van der Waals surface area (Å²) in [6.07, 6.45) is 0. The van der Waals surface area contributed by atoms with Gasteiger partial charge in [-0.25, -0.2) is 15.0 Å². The molecule has 0 N–H and O–H groups in total. The van der Waals surface area contributed by atoms with Crippen LogP contribution in [0.5, 0.6) is 0 Å². The van der Waals surface area contributed by atoms with Gasteiger partial charge in [0.25, 0.3) is 0 Å². The third-order valence-electron chi connectivity index (χ3n) is 10.7. The number of hydrogen-bond acceptors (Lipinski definition) is 4. The van der Waals surface area contributed by atoms with Crippen LogP contribution in [-0.4, -0.2) is 19.5 Å². The first kappa shape index (κ1) is 32.2. The first-order valence-corrected chi connectivity index (χ1v) is 19.6. The first-order chi connectivity index (χ1) is 27.8. The van der Waals surface area contributed by atoms with Gasteiger partial charge in [-0.2, -0.15) is 0 Å². The largest absolute Gasteiger partial charge is 0.308 e. The minimum Gasteiger partial charge on any atom is -0.308 e. The Balaban J connectivity index is 1.11. The van der Waals surface area contributed by atoms with E-state index in [2.05, 4.69) is 174 Å². The number of rotatable bonds is 6. The highest BCUT2D eigenvalue weighted by atomic mass is 32.1. The van der Waals surface area contributed by atoms with Crippen LogP contribution in [0.2, 0.25) is 0 Å². The third kappa shape index (κ3) is 5.40. The monoisotopic (exact) mass is 732 g/mol. The third-order valence-corrected chi connectivity index (χ3v) is 11.9. The van der Waals surface area contributed by atoms with Crippen molar-refractivity contribution in [3.05, 3.63) is 194 Å². The van der Waals surface area contributed by atoms with Gasteiger partial charge in [-0.05, 0) is 52.6 Å². The maximum absolute atomic E-state index is 5.21. The molecule has 0 fully saturated rings. The van der Waals surface area contributed by atoms with Gasteiger partial charge in [0.05, 0.1) is 16.7 Å². The van der Waals surface area contributed by atoms with E-state index in [0.29, 0.717) is 17.5 Å². The lowest BCUT2D eigenvalue weighted by Gasteiger charge is -2.14. The van der Waals surface area contributed by atoms with Gasteiger partial charge in [-0.1, -0.05) is 164 Å². The Morgan fingerprint density at radius 1 is 0.357 bits per heavy atom. The van der Waals surface area contributed by atoms with Crippen molar-refractivity contribution in [2.24, 2.45) is 0 Å². The molecule has 11 aromatic rings. The average molecular weight is 733 g/mol. The number of thiophene rings is 1. The molecular weight excluding hydrogens is 701 g/mol. The molecular formula is C51H32N4S. The highest BCUT2D eigenvalue weighted by Gasteiger charge is 2.21. The van der Waals surface area contributed by atoms with Gasteiger partial charge in [-0.3, -0.25) is 0 Å². The van der Waals surface area contributed by atoms with Crippen LogP contribution < -0.4 is 0 Å². The predicted octanol–water partition coefficient (Wildman–Crippen LogP) is 13.7. The summed E-state index contributed by atoms with van der Waals surface area (Å²) in [5.74, 6) is 1.89. The molecule has 0 spiro atoms. The van der Waals surface area contributed by atoms with Crippen LogP contribution in [0.25, 0.3) is 104 Å². The number of nitrogens with zero attached hydrogens (tertiary/aromatic N) is 4. The number of para-hydroxylation sites is 2. The van der Waals surface area contributed by atoms with E-state index in [1.54, 1.807) is 0 Å². The molecule has 0 radical (unpaired) electrons. The maximum atomic E-state index is 5.21. The maximum Gasteiger partial charge on any atom is 0.166 e. The van der Waals surface area contributed by atoms with E-state index >= 15 is 0 Å². The van der Waals surface area contributed by atoms with Crippen LogP contribution in [-0.2, 0) is 0 Å². The predicted molar refractivity (Wildman–Crippen MR) is 234 cm³/mol. The zero-order valence-corrected chi connectivity index (χ0v) is 31.0. The smallest absolute Gasteiger partial charge is 0.166 e. The molecule has 0 saturated heterocycles. The standard InChI is InChI=1S/C51H32N4S/c1-4-14-33(15-5-1)35-24-26-37(27-25-35)50-52-49(36-18-8-3-9-19-36)53-51(54-50)42-21-11-13-23-44(42)55-43-22-12-10-20-41(43)47-45(55)31-30-40-39-29-28-38(32-46(39)56-48(40)47)34-16-6-2-7-17-34/h1-32H. The zero-order chi connectivity index (χ0) is 37.0. The van der Waals surface area contributed by atoms with Crippen molar-refractivity contribution in [1.29, 1.82) is 0 Å². The average Bonchev–Trinajstić information content (AvgIpc) is 3.82. The Labute approximate surface area is 327 Å². The molecule has 262 valence electrons.